The third-order valence-electron chi connectivity index (χ3n) is 4.43. The number of ether oxygens (including phenoxy) is 1. The SMILES string of the molecule is O=C(O)c1cnn(Cc2nc(-c3cccc(OCC4=CC(F)=CCC4)c3)cs2)c1. The normalized spacial score (nSPS) is 13.7. The Morgan fingerprint density at radius 1 is 1.38 bits per heavy atom. The van der Waals surface area contributed by atoms with Crippen LogP contribution in [0.1, 0.15) is 28.2 Å². The molecule has 29 heavy (non-hydrogen) atoms. The van der Waals surface area contributed by atoms with Crippen molar-refractivity contribution >= 4 is 17.3 Å². The Labute approximate surface area is 170 Å². The van der Waals surface area contributed by atoms with Crippen LogP contribution in [0.3, 0.4) is 0 Å². The van der Waals surface area contributed by atoms with Crippen LogP contribution < -0.4 is 4.74 Å². The molecule has 4 rings (SSSR count). The van der Waals surface area contributed by atoms with Gasteiger partial charge in [-0.1, -0.05) is 12.1 Å². The summed E-state index contributed by atoms with van der Waals surface area (Å²) in [6.07, 6.45) is 7.42. The summed E-state index contributed by atoms with van der Waals surface area (Å²) >= 11 is 1.48. The minimum Gasteiger partial charge on any atom is -0.489 e. The number of aromatic nitrogens is 3. The van der Waals surface area contributed by atoms with E-state index in [4.69, 9.17) is 9.84 Å². The zero-order valence-corrected chi connectivity index (χ0v) is 16.2. The van der Waals surface area contributed by atoms with Gasteiger partial charge in [0.2, 0.25) is 0 Å². The van der Waals surface area contributed by atoms with Crippen molar-refractivity contribution in [1.29, 1.82) is 0 Å². The maximum absolute atomic E-state index is 13.3. The molecule has 2 aromatic heterocycles. The summed E-state index contributed by atoms with van der Waals surface area (Å²) < 4.78 is 20.7. The van der Waals surface area contributed by atoms with Crippen molar-refractivity contribution in [3.8, 4) is 17.0 Å². The summed E-state index contributed by atoms with van der Waals surface area (Å²) in [7, 11) is 0. The van der Waals surface area contributed by atoms with Crippen LogP contribution in [0.5, 0.6) is 5.75 Å². The van der Waals surface area contributed by atoms with Crippen LogP contribution in [0.2, 0.25) is 0 Å². The van der Waals surface area contributed by atoms with Gasteiger partial charge in [0.1, 0.15) is 23.2 Å². The predicted molar refractivity (Wildman–Crippen MR) is 108 cm³/mol. The second kappa shape index (κ2) is 8.40. The molecule has 8 heteroatoms. The van der Waals surface area contributed by atoms with Gasteiger partial charge in [-0.3, -0.25) is 4.68 Å². The van der Waals surface area contributed by atoms with Crippen molar-refractivity contribution in [3.63, 3.8) is 0 Å². The molecule has 0 saturated heterocycles. The quantitative estimate of drug-likeness (QED) is 0.609. The average molecular weight is 411 g/mol. The summed E-state index contributed by atoms with van der Waals surface area (Å²) in [4.78, 5) is 15.6. The van der Waals surface area contributed by atoms with Gasteiger partial charge in [-0.2, -0.15) is 5.10 Å². The molecule has 1 aromatic carbocycles. The second-order valence-electron chi connectivity index (χ2n) is 6.61. The molecule has 0 amide bonds. The Bertz CT molecular complexity index is 1100. The van der Waals surface area contributed by atoms with Crippen LogP contribution in [0.15, 0.2) is 65.6 Å². The van der Waals surface area contributed by atoms with Gasteiger partial charge in [-0.25, -0.2) is 14.2 Å². The molecule has 0 saturated carbocycles. The zero-order valence-electron chi connectivity index (χ0n) is 15.4. The first kappa shape index (κ1) is 19.1. The molecule has 0 unspecified atom stereocenters. The van der Waals surface area contributed by atoms with Gasteiger partial charge in [0.15, 0.2) is 0 Å². The number of thiazole rings is 1. The minimum atomic E-state index is -1.00. The Morgan fingerprint density at radius 2 is 2.28 bits per heavy atom. The van der Waals surface area contributed by atoms with Gasteiger partial charge in [0, 0.05) is 17.1 Å². The van der Waals surface area contributed by atoms with E-state index in [9.17, 15) is 9.18 Å². The fraction of sp³-hybridized carbons (Fsp3) is 0.190. The molecule has 1 N–H and O–H groups in total. The molecule has 148 valence electrons. The minimum absolute atomic E-state index is 0.148. The smallest absolute Gasteiger partial charge is 0.338 e. The van der Waals surface area contributed by atoms with E-state index in [-0.39, 0.29) is 11.4 Å². The monoisotopic (exact) mass is 411 g/mol. The highest BCUT2D eigenvalue weighted by atomic mass is 32.1. The first-order valence-electron chi connectivity index (χ1n) is 9.05. The van der Waals surface area contributed by atoms with E-state index in [1.807, 2.05) is 29.6 Å². The molecule has 0 aliphatic heterocycles. The van der Waals surface area contributed by atoms with Crippen LogP contribution in [0.4, 0.5) is 4.39 Å². The summed E-state index contributed by atoms with van der Waals surface area (Å²) in [5, 5.41) is 15.8. The summed E-state index contributed by atoms with van der Waals surface area (Å²) in [5.41, 5.74) is 2.81. The molecule has 0 bridgehead atoms. The topological polar surface area (TPSA) is 77.2 Å². The number of hydrogen-bond acceptors (Lipinski definition) is 5. The predicted octanol–water partition coefficient (Wildman–Crippen LogP) is 4.71. The molecule has 6 nitrogen and oxygen atoms in total. The standard InChI is InChI=1S/C21H18FN3O3S/c22-17-5-1-3-14(7-17)12-28-18-6-2-4-15(8-18)19-13-29-20(24-19)11-25-10-16(9-23-25)21(26)27/h2,4-10,13H,1,3,11-12H2,(H,26,27). The molecule has 1 aliphatic carbocycles. The van der Waals surface area contributed by atoms with E-state index < -0.39 is 5.97 Å². The molecule has 0 atom stereocenters. The van der Waals surface area contributed by atoms with Gasteiger partial charge in [-0.15, -0.1) is 11.3 Å². The number of benzene rings is 1. The third kappa shape index (κ3) is 4.78. The lowest BCUT2D eigenvalue weighted by Crippen LogP contribution is -2.03. The number of allylic oxidation sites excluding steroid dienone is 3. The van der Waals surface area contributed by atoms with Crippen molar-refractivity contribution in [2.75, 3.05) is 6.61 Å². The maximum atomic E-state index is 13.3. The van der Waals surface area contributed by atoms with E-state index in [2.05, 4.69) is 10.1 Å². The van der Waals surface area contributed by atoms with Crippen molar-refractivity contribution in [2.45, 2.75) is 19.4 Å². The fourth-order valence-electron chi connectivity index (χ4n) is 2.97. The highest BCUT2D eigenvalue weighted by Gasteiger charge is 2.10. The number of hydrogen-bond donors (Lipinski definition) is 1. The van der Waals surface area contributed by atoms with Gasteiger partial charge < -0.3 is 9.84 Å². The van der Waals surface area contributed by atoms with Gasteiger partial charge in [0.25, 0.3) is 0 Å². The molecule has 1 aliphatic rings. The molecule has 3 aromatic rings. The van der Waals surface area contributed by atoms with Crippen LogP contribution in [-0.2, 0) is 6.54 Å². The van der Waals surface area contributed by atoms with Crippen LogP contribution in [-0.4, -0.2) is 32.4 Å². The van der Waals surface area contributed by atoms with Crippen LogP contribution in [0, 0.1) is 0 Å². The summed E-state index contributed by atoms with van der Waals surface area (Å²) in [6, 6.07) is 7.62. The number of halogens is 1. The lowest BCUT2D eigenvalue weighted by Gasteiger charge is -2.12. The Hall–Kier alpha value is -3.26. The lowest BCUT2D eigenvalue weighted by atomic mass is 10.1. The zero-order chi connectivity index (χ0) is 20.2. The highest BCUT2D eigenvalue weighted by Crippen LogP contribution is 2.27. The number of rotatable bonds is 7. The first-order chi connectivity index (χ1) is 14.1. The molecule has 0 spiro atoms. The van der Waals surface area contributed by atoms with Crippen molar-refractivity contribution in [1.82, 2.24) is 14.8 Å². The second-order valence-corrected chi connectivity index (χ2v) is 7.55. The number of carboxylic acids is 1. The molecular formula is C21H18FN3O3S. The highest BCUT2D eigenvalue weighted by molar-refractivity contribution is 7.09. The number of nitrogens with zero attached hydrogens (tertiary/aromatic N) is 3. The molecule has 2 heterocycles. The van der Waals surface area contributed by atoms with Gasteiger partial charge in [0.05, 0.1) is 24.0 Å². The molecule has 0 radical (unpaired) electrons. The summed E-state index contributed by atoms with van der Waals surface area (Å²) in [5.74, 6) is -0.506. The largest absolute Gasteiger partial charge is 0.489 e. The van der Waals surface area contributed by atoms with E-state index >= 15 is 0 Å². The average Bonchev–Trinajstić information content (AvgIpc) is 3.37. The number of carbonyl (C=O) groups is 1. The number of carboxylic acid groups (broad SMARTS) is 1. The van der Waals surface area contributed by atoms with E-state index in [0.717, 1.165) is 28.3 Å². The van der Waals surface area contributed by atoms with E-state index in [1.165, 1.54) is 29.8 Å². The van der Waals surface area contributed by atoms with Crippen LogP contribution in [0.25, 0.3) is 11.3 Å². The molecular weight excluding hydrogens is 393 g/mol. The van der Waals surface area contributed by atoms with Crippen molar-refractivity contribution in [2.24, 2.45) is 0 Å². The van der Waals surface area contributed by atoms with Crippen LogP contribution >= 0.6 is 11.3 Å². The number of aromatic carboxylic acids is 1. The third-order valence-corrected chi connectivity index (χ3v) is 5.26. The van der Waals surface area contributed by atoms with E-state index in [0.29, 0.717) is 25.3 Å². The fourth-order valence-corrected chi connectivity index (χ4v) is 3.77. The maximum Gasteiger partial charge on any atom is 0.338 e. The Balaban J connectivity index is 1.43. The van der Waals surface area contributed by atoms with Gasteiger partial charge >= 0.3 is 5.97 Å². The van der Waals surface area contributed by atoms with E-state index in [1.54, 1.807) is 10.8 Å². The molecule has 0 fully saturated rings. The summed E-state index contributed by atoms with van der Waals surface area (Å²) in [6.45, 7) is 0.764. The first-order valence-corrected chi connectivity index (χ1v) is 9.93. The Morgan fingerprint density at radius 3 is 3.07 bits per heavy atom. The lowest BCUT2D eigenvalue weighted by molar-refractivity contribution is 0.0696. The van der Waals surface area contributed by atoms with Crippen molar-refractivity contribution in [3.05, 3.63) is 76.2 Å². The van der Waals surface area contributed by atoms with Gasteiger partial charge in [-0.05, 0) is 42.7 Å². The van der Waals surface area contributed by atoms with Crippen molar-refractivity contribution < 1.29 is 19.0 Å². The Kier molecular flexibility index (Phi) is 5.53.